The normalized spacial score (nSPS) is 23.9. The van der Waals surface area contributed by atoms with E-state index in [-0.39, 0.29) is 42.9 Å². The van der Waals surface area contributed by atoms with Crippen LogP contribution in [0.4, 0.5) is 0 Å². The molecule has 2 atom stereocenters. The van der Waals surface area contributed by atoms with Gasteiger partial charge in [-0.05, 0) is 51.6 Å². The van der Waals surface area contributed by atoms with Crippen LogP contribution < -0.4 is 11.1 Å². The lowest BCUT2D eigenvalue weighted by molar-refractivity contribution is -0.132. The molecule has 2 aliphatic rings. The molecule has 3 rings (SSSR count). The van der Waals surface area contributed by atoms with Gasteiger partial charge in [-0.25, -0.2) is 4.98 Å². The summed E-state index contributed by atoms with van der Waals surface area (Å²) in [4.78, 5) is 19.2. The molecule has 150 valence electrons. The fraction of sp³-hybridized carbons (Fsp3) is 0.765. The lowest BCUT2D eigenvalue weighted by atomic mass is 9.96. The number of amides is 1. The van der Waals surface area contributed by atoms with Crippen molar-refractivity contribution in [1.82, 2.24) is 15.2 Å². The van der Waals surface area contributed by atoms with Gasteiger partial charge in [0.1, 0.15) is 6.10 Å². The summed E-state index contributed by atoms with van der Waals surface area (Å²) in [7, 11) is 0. The predicted octanol–water partition coefficient (Wildman–Crippen LogP) is 2.13. The molecule has 0 unspecified atom stereocenters. The maximum absolute atomic E-state index is 12.2. The number of nitrogens with zero attached hydrogens (tertiary/aromatic N) is 2. The van der Waals surface area contributed by atoms with Crippen molar-refractivity contribution in [2.75, 3.05) is 26.2 Å². The minimum atomic E-state index is -0.299. The van der Waals surface area contributed by atoms with Gasteiger partial charge >= 0.3 is 0 Å². The van der Waals surface area contributed by atoms with Crippen molar-refractivity contribution in [3.05, 3.63) is 16.1 Å². The van der Waals surface area contributed by atoms with E-state index in [1.54, 1.807) is 11.3 Å². The number of nitrogens with one attached hydrogen (secondary N) is 1. The SMILES string of the molecule is Cc1nc(CN2CCC(CNC(=O)[C@@H]3CC[C@H](CN)O3)CC2)cs1.Cl.Cl. The van der Waals surface area contributed by atoms with Crippen molar-refractivity contribution in [2.45, 2.75) is 51.4 Å². The molecule has 1 aromatic heterocycles. The molecular formula is C17H30Cl2N4O2S. The first-order valence-corrected chi connectivity index (χ1v) is 9.78. The van der Waals surface area contributed by atoms with Crippen LogP contribution in [-0.4, -0.2) is 54.2 Å². The molecule has 2 saturated heterocycles. The summed E-state index contributed by atoms with van der Waals surface area (Å²) in [6.07, 6.45) is 3.69. The van der Waals surface area contributed by atoms with Gasteiger partial charge in [-0.2, -0.15) is 0 Å². The molecule has 6 nitrogen and oxygen atoms in total. The Balaban J connectivity index is 0.00000169. The van der Waals surface area contributed by atoms with Gasteiger partial charge in [-0.3, -0.25) is 9.69 Å². The Morgan fingerprint density at radius 3 is 2.65 bits per heavy atom. The summed E-state index contributed by atoms with van der Waals surface area (Å²) < 4.78 is 5.65. The number of thiazole rings is 1. The Bertz CT molecular complexity index is 553. The number of rotatable bonds is 6. The van der Waals surface area contributed by atoms with Crippen molar-refractivity contribution in [2.24, 2.45) is 11.7 Å². The van der Waals surface area contributed by atoms with Gasteiger partial charge in [0.15, 0.2) is 0 Å². The molecule has 2 aliphatic heterocycles. The number of hydrogen-bond acceptors (Lipinski definition) is 6. The Kier molecular flexibility index (Phi) is 10.4. The van der Waals surface area contributed by atoms with Crippen molar-refractivity contribution in [1.29, 1.82) is 0 Å². The first kappa shape index (κ1) is 23.6. The third kappa shape index (κ3) is 6.62. The highest BCUT2D eigenvalue weighted by Crippen LogP contribution is 2.21. The summed E-state index contributed by atoms with van der Waals surface area (Å²) in [6, 6.07) is 0. The summed E-state index contributed by atoms with van der Waals surface area (Å²) in [6.45, 7) is 6.40. The zero-order valence-corrected chi connectivity index (χ0v) is 17.6. The maximum Gasteiger partial charge on any atom is 0.249 e. The second-order valence-electron chi connectivity index (χ2n) is 6.88. The van der Waals surface area contributed by atoms with E-state index in [0.29, 0.717) is 12.5 Å². The van der Waals surface area contributed by atoms with Crippen LogP contribution in [0.2, 0.25) is 0 Å². The highest BCUT2D eigenvalue weighted by molar-refractivity contribution is 7.09. The van der Waals surface area contributed by atoms with Crippen LogP contribution in [0, 0.1) is 12.8 Å². The highest BCUT2D eigenvalue weighted by atomic mass is 35.5. The van der Waals surface area contributed by atoms with E-state index in [4.69, 9.17) is 10.5 Å². The quantitative estimate of drug-likeness (QED) is 0.730. The molecule has 26 heavy (non-hydrogen) atoms. The molecule has 9 heteroatoms. The number of halogens is 2. The van der Waals surface area contributed by atoms with Gasteiger partial charge in [0.2, 0.25) is 5.91 Å². The molecule has 0 saturated carbocycles. The van der Waals surface area contributed by atoms with Gasteiger partial charge in [-0.1, -0.05) is 0 Å². The van der Waals surface area contributed by atoms with Crippen LogP contribution in [0.3, 0.4) is 0 Å². The number of nitrogens with two attached hydrogens (primary N) is 1. The number of carbonyl (C=O) groups is 1. The van der Waals surface area contributed by atoms with Crippen LogP contribution in [0.5, 0.6) is 0 Å². The zero-order valence-electron chi connectivity index (χ0n) is 15.2. The average Bonchev–Trinajstić information content (AvgIpc) is 3.23. The van der Waals surface area contributed by atoms with Crippen LogP contribution >= 0.6 is 36.2 Å². The lowest BCUT2D eigenvalue weighted by Gasteiger charge is -2.31. The van der Waals surface area contributed by atoms with Gasteiger partial charge in [0.05, 0.1) is 16.8 Å². The first-order valence-electron chi connectivity index (χ1n) is 8.90. The number of hydrogen-bond donors (Lipinski definition) is 2. The first-order chi connectivity index (χ1) is 11.6. The lowest BCUT2D eigenvalue weighted by Crippen LogP contribution is -2.41. The summed E-state index contributed by atoms with van der Waals surface area (Å²) >= 11 is 1.71. The van der Waals surface area contributed by atoms with Crippen LogP contribution in [0.25, 0.3) is 0 Å². The van der Waals surface area contributed by atoms with E-state index in [9.17, 15) is 4.79 Å². The molecule has 0 aliphatic carbocycles. The molecule has 0 aromatic carbocycles. The molecule has 3 heterocycles. The average molecular weight is 425 g/mol. The molecule has 0 radical (unpaired) electrons. The Morgan fingerprint density at radius 2 is 2.08 bits per heavy atom. The van der Waals surface area contributed by atoms with Crippen molar-refractivity contribution >= 4 is 42.1 Å². The van der Waals surface area contributed by atoms with Crippen LogP contribution in [0.1, 0.15) is 36.4 Å². The van der Waals surface area contributed by atoms with E-state index >= 15 is 0 Å². The summed E-state index contributed by atoms with van der Waals surface area (Å²) in [5, 5.41) is 6.36. The van der Waals surface area contributed by atoms with E-state index in [2.05, 4.69) is 20.6 Å². The number of carbonyl (C=O) groups excluding carboxylic acids is 1. The van der Waals surface area contributed by atoms with Gasteiger partial charge in [0.25, 0.3) is 0 Å². The second-order valence-corrected chi connectivity index (χ2v) is 7.94. The van der Waals surface area contributed by atoms with E-state index in [1.165, 1.54) is 5.69 Å². The topological polar surface area (TPSA) is 80.5 Å². The van der Waals surface area contributed by atoms with Crippen molar-refractivity contribution in [3.8, 4) is 0 Å². The van der Waals surface area contributed by atoms with E-state index < -0.39 is 0 Å². The molecular weight excluding hydrogens is 395 g/mol. The van der Waals surface area contributed by atoms with Gasteiger partial charge < -0.3 is 15.8 Å². The second kappa shape index (κ2) is 11.4. The largest absolute Gasteiger partial charge is 0.364 e. The number of aromatic nitrogens is 1. The minimum Gasteiger partial charge on any atom is -0.364 e. The molecule has 0 spiro atoms. The summed E-state index contributed by atoms with van der Waals surface area (Å²) in [5.74, 6) is 0.598. The fourth-order valence-electron chi connectivity index (χ4n) is 3.49. The molecule has 1 amide bonds. The molecule has 1 aromatic rings. The standard InChI is InChI=1S/C17H28N4O2S.2ClH/c1-12-20-14(11-24-12)10-21-6-4-13(5-7-21)9-19-17(22)16-3-2-15(8-18)23-16;;/h11,13,15-16H,2-10,18H2,1H3,(H,19,22);2*1H/t15-,16+;;/m1../s1. The van der Waals surface area contributed by atoms with Crippen molar-refractivity contribution in [3.63, 3.8) is 0 Å². The van der Waals surface area contributed by atoms with Crippen LogP contribution in [0.15, 0.2) is 5.38 Å². The fourth-order valence-corrected chi connectivity index (χ4v) is 4.09. The number of aryl methyl sites for hydroxylation is 1. The van der Waals surface area contributed by atoms with Crippen LogP contribution in [-0.2, 0) is 16.1 Å². The Hall–Kier alpha value is -0.440. The highest BCUT2D eigenvalue weighted by Gasteiger charge is 2.30. The summed E-state index contributed by atoms with van der Waals surface area (Å²) in [5.41, 5.74) is 6.77. The third-order valence-electron chi connectivity index (χ3n) is 4.99. The Morgan fingerprint density at radius 1 is 1.35 bits per heavy atom. The zero-order chi connectivity index (χ0) is 16.9. The van der Waals surface area contributed by atoms with Gasteiger partial charge in [-0.15, -0.1) is 36.2 Å². The maximum atomic E-state index is 12.2. The minimum absolute atomic E-state index is 0. The molecule has 3 N–H and O–H groups in total. The smallest absolute Gasteiger partial charge is 0.249 e. The molecule has 0 bridgehead atoms. The number of ether oxygens (including phenoxy) is 1. The predicted molar refractivity (Wildman–Crippen MR) is 109 cm³/mol. The van der Waals surface area contributed by atoms with E-state index in [1.807, 2.05) is 6.92 Å². The third-order valence-corrected chi connectivity index (χ3v) is 5.81. The van der Waals surface area contributed by atoms with E-state index in [0.717, 1.165) is 56.9 Å². The van der Waals surface area contributed by atoms with Crippen molar-refractivity contribution < 1.29 is 9.53 Å². The monoisotopic (exact) mass is 424 g/mol. The number of piperidine rings is 1. The number of likely N-dealkylation sites (tertiary alicyclic amines) is 1. The Labute approximate surface area is 172 Å². The van der Waals surface area contributed by atoms with Gasteiger partial charge in [0, 0.05) is 25.0 Å². The molecule has 2 fully saturated rings.